The van der Waals surface area contributed by atoms with Crippen LogP contribution in [0.25, 0.3) is 0 Å². The van der Waals surface area contributed by atoms with Crippen LogP contribution in [0.4, 0.5) is 0 Å². The molecule has 3 rings (SSSR count). The number of hydrogen-bond acceptors (Lipinski definition) is 4. The summed E-state index contributed by atoms with van der Waals surface area (Å²) in [6, 6.07) is 5.16. The van der Waals surface area contributed by atoms with Crippen LogP contribution in [0.3, 0.4) is 0 Å². The van der Waals surface area contributed by atoms with E-state index < -0.39 is 0 Å². The van der Waals surface area contributed by atoms with E-state index in [1.807, 2.05) is 4.90 Å². The van der Waals surface area contributed by atoms with E-state index in [4.69, 9.17) is 21.1 Å². The summed E-state index contributed by atoms with van der Waals surface area (Å²) in [5.74, 6) is 0.946. The molecular formula is C16H21ClN2O3. The molecule has 1 amide bonds. The van der Waals surface area contributed by atoms with Crippen LogP contribution in [0.5, 0.6) is 5.75 Å². The Morgan fingerprint density at radius 1 is 1.36 bits per heavy atom. The molecule has 0 radical (unpaired) electrons. The molecule has 2 aliphatic rings. The van der Waals surface area contributed by atoms with Gasteiger partial charge in [0.15, 0.2) is 0 Å². The molecule has 2 fully saturated rings. The third-order valence-corrected chi connectivity index (χ3v) is 4.75. The zero-order valence-electron chi connectivity index (χ0n) is 12.9. The Labute approximate surface area is 135 Å². The van der Waals surface area contributed by atoms with Crippen molar-refractivity contribution in [2.45, 2.75) is 6.10 Å². The third-order valence-electron chi connectivity index (χ3n) is 4.42. The van der Waals surface area contributed by atoms with Crippen molar-refractivity contribution in [2.75, 3.05) is 46.9 Å². The lowest BCUT2D eigenvalue weighted by molar-refractivity contribution is 0.0487. The lowest BCUT2D eigenvalue weighted by Gasteiger charge is -2.20. The van der Waals surface area contributed by atoms with E-state index in [0.29, 0.717) is 35.3 Å². The number of halogens is 1. The van der Waals surface area contributed by atoms with Crippen LogP contribution in [0.15, 0.2) is 18.2 Å². The summed E-state index contributed by atoms with van der Waals surface area (Å²) in [6.07, 6.45) is 0.123. The van der Waals surface area contributed by atoms with Crippen molar-refractivity contribution in [3.8, 4) is 5.75 Å². The van der Waals surface area contributed by atoms with Crippen molar-refractivity contribution in [1.82, 2.24) is 9.80 Å². The molecule has 2 heterocycles. The van der Waals surface area contributed by atoms with Crippen molar-refractivity contribution in [3.63, 3.8) is 0 Å². The van der Waals surface area contributed by atoms with Crippen molar-refractivity contribution >= 4 is 17.5 Å². The van der Waals surface area contributed by atoms with Gasteiger partial charge in [0.1, 0.15) is 5.75 Å². The van der Waals surface area contributed by atoms with Gasteiger partial charge in [0.05, 0.1) is 30.4 Å². The van der Waals surface area contributed by atoms with E-state index in [1.165, 1.54) is 0 Å². The minimum Gasteiger partial charge on any atom is -0.497 e. The second kappa shape index (κ2) is 6.44. The van der Waals surface area contributed by atoms with E-state index >= 15 is 0 Å². The number of likely N-dealkylation sites (N-methyl/N-ethyl adjacent to an activating group) is 1. The van der Waals surface area contributed by atoms with E-state index in [1.54, 1.807) is 25.3 Å². The van der Waals surface area contributed by atoms with Crippen molar-refractivity contribution < 1.29 is 14.3 Å². The molecule has 1 aromatic rings. The lowest BCUT2D eigenvalue weighted by atomic mass is 10.1. The number of hydrogen-bond donors (Lipinski definition) is 0. The van der Waals surface area contributed by atoms with Gasteiger partial charge in [0, 0.05) is 32.1 Å². The van der Waals surface area contributed by atoms with E-state index in [2.05, 4.69) is 11.9 Å². The highest BCUT2D eigenvalue weighted by atomic mass is 35.5. The number of methoxy groups -OCH3 is 1. The normalized spacial score (nSPS) is 25.7. The summed E-state index contributed by atoms with van der Waals surface area (Å²) < 4.78 is 11.1. The standard InChI is InChI=1S/C16H21ClN2O3/c1-18-5-6-22-15-10-19(9-11(15)8-18)16(20)13-7-12(21-2)3-4-14(13)17/h3-4,7,11,15H,5-6,8-10H2,1-2H3/t11-,15+/m0/s1. The first-order valence-electron chi connectivity index (χ1n) is 7.51. The van der Waals surface area contributed by atoms with Crippen molar-refractivity contribution in [3.05, 3.63) is 28.8 Å². The molecule has 0 bridgehead atoms. The van der Waals surface area contributed by atoms with Crippen LogP contribution in [0, 0.1) is 5.92 Å². The molecule has 0 spiro atoms. The monoisotopic (exact) mass is 324 g/mol. The minimum atomic E-state index is -0.0526. The predicted molar refractivity (Wildman–Crippen MR) is 84.6 cm³/mol. The molecule has 2 saturated heterocycles. The van der Waals surface area contributed by atoms with Crippen LogP contribution in [-0.2, 0) is 4.74 Å². The van der Waals surface area contributed by atoms with Gasteiger partial charge < -0.3 is 19.3 Å². The van der Waals surface area contributed by atoms with E-state index in [9.17, 15) is 4.79 Å². The summed E-state index contributed by atoms with van der Waals surface area (Å²) >= 11 is 6.19. The van der Waals surface area contributed by atoms with E-state index in [0.717, 1.165) is 19.7 Å². The van der Waals surface area contributed by atoms with Gasteiger partial charge in [-0.3, -0.25) is 4.79 Å². The Morgan fingerprint density at radius 2 is 2.18 bits per heavy atom. The van der Waals surface area contributed by atoms with Gasteiger partial charge in [-0.05, 0) is 25.2 Å². The number of likely N-dealkylation sites (tertiary alicyclic amines) is 1. The number of nitrogens with zero attached hydrogens (tertiary/aromatic N) is 2. The maximum atomic E-state index is 12.8. The summed E-state index contributed by atoms with van der Waals surface area (Å²) in [4.78, 5) is 16.9. The quantitative estimate of drug-likeness (QED) is 0.831. The molecule has 0 N–H and O–H groups in total. The second-order valence-electron chi connectivity index (χ2n) is 5.99. The number of benzene rings is 1. The van der Waals surface area contributed by atoms with Crippen LogP contribution in [0.2, 0.25) is 5.02 Å². The Balaban J connectivity index is 1.76. The van der Waals surface area contributed by atoms with Gasteiger partial charge >= 0.3 is 0 Å². The fourth-order valence-corrected chi connectivity index (χ4v) is 3.39. The highest BCUT2D eigenvalue weighted by molar-refractivity contribution is 6.33. The predicted octanol–water partition coefficient (Wildman–Crippen LogP) is 1.75. The van der Waals surface area contributed by atoms with Gasteiger partial charge in [-0.1, -0.05) is 11.6 Å². The second-order valence-corrected chi connectivity index (χ2v) is 6.39. The van der Waals surface area contributed by atoms with E-state index in [-0.39, 0.29) is 12.0 Å². The maximum Gasteiger partial charge on any atom is 0.255 e. The first kappa shape index (κ1) is 15.6. The molecule has 120 valence electrons. The summed E-state index contributed by atoms with van der Waals surface area (Å²) in [7, 11) is 3.67. The molecule has 1 aromatic carbocycles. The molecule has 0 aliphatic carbocycles. The highest BCUT2D eigenvalue weighted by Gasteiger charge is 2.38. The van der Waals surface area contributed by atoms with Crippen LogP contribution < -0.4 is 4.74 Å². The van der Waals surface area contributed by atoms with Gasteiger partial charge in [0.25, 0.3) is 5.91 Å². The molecule has 2 aliphatic heterocycles. The molecule has 0 unspecified atom stereocenters. The smallest absolute Gasteiger partial charge is 0.255 e. The summed E-state index contributed by atoms with van der Waals surface area (Å²) in [5, 5.41) is 0.455. The van der Waals surface area contributed by atoms with Crippen LogP contribution in [0.1, 0.15) is 10.4 Å². The van der Waals surface area contributed by atoms with Gasteiger partial charge in [-0.2, -0.15) is 0 Å². The zero-order chi connectivity index (χ0) is 15.7. The van der Waals surface area contributed by atoms with Gasteiger partial charge in [0.2, 0.25) is 0 Å². The van der Waals surface area contributed by atoms with Crippen LogP contribution >= 0.6 is 11.6 Å². The third kappa shape index (κ3) is 3.07. The number of rotatable bonds is 2. The molecule has 0 aromatic heterocycles. The van der Waals surface area contributed by atoms with Gasteiger partial charge in [-0.25, -0.2) is 0 Å². The fraction of sp³-hybridized carbons (Fsp3) is 0.562. The summed E-state index contributed by atoms with van der Waals surface area (Å²) in [5.41, 5.74) is 0.492. The molecule has 0 saturated carbocycles. The molecule has 2 atom stereocenters. The number of carbonyl (C=O) groups excluding carboxylic acids is 1. The molecular weight excluding hydrogens is 304 g/mol. The number of ether oxygens (including phenoxy) is 2. The topological polar surface area (TPSA) is 42.0 Å². The average Bonchev–Trinajstić information content (AvgIpc) is 2.82. The maximum absolute atomic E-state index is 12.8. The Morgan fingerprint density at radius 3 is 2.95 bits per heavy atom. The Hall–Kier alpha value is -1.30. The van der Waals surface area contributed by atoms with Crippen molar-refractivity contribution in [2.24, 2.45) is 5.92 Å². The fourth-order valence-electron chi connectivity index (χ4n) is 3.19. The highest BCUT2D eigenvalue weighted by Crippen LogP contribution is 2.28. The Bertz CT molecular complexity index is 566. The minimum absolute atomic E-state index is 0.0526. The molecule has 5 nitrogen and oxygen atoms in total. The number of amides is 1. The number of fused-ring (bicyclic) bond motifs is 1. The summed E-state index contributed by atoms with van der Waals surface area (Å²) in [6.45, 7) is 3.97. The van der Waals surface area contributed by atoms with Crippen molar-refractivity contribution in [1.29, 1.82) is 0 Å². The average molecular weight is 325 g/mol. The SMILES string of the molecule is COc1ccc(Cl)c(C(=O)N2C[C@@H]3CN(C)CCO[C@@H]3C2)c1. The first-order chi connectivity index (χ1) is 10.6. The first-order valence-corrected chi connectivity index (χ1v) is 7.89. The number of carbonyl (C=O) groups is 1. The zero-order valence-corrected chi connectivity index (χ0v) is 13.7. The largest absolute Gasteiger partial charge is 0.497 e. The van der Waals surface area contributed by atoms with Gasteiger partial charge in [-0.15, -0.1) is 0 Å². The van der Waals surface area contributed by atoms with Crippen LogP contribution in [-0.4, -0.2) is 68.8 Å². The molecule has 22 heavy (non-hydrogen) atoms. The molecule has 6 heteroatoms. The lowest BCUT2D eigenvalue weighted by Crippen LogP contribution is -2.32. The Kier molecular flexibility index (Phi) is 4.57.